The fourth-order valence-electron chi connectivity index (χ4n) is 0.735. The molecular formula is C7H16ClNO2S. The Morgan fingerprint density at radius 2 is 2.00 bits per heavy atom. The van der Waals surface area contributed by atoms with E-state index in [0.717, 1.165) is 12.8 Å². The van der Waals surface area contributed by atoms with E-state index < -0.39 is 10.0 Å². The molecule has 0 aromatic rings. The molecule has 0 radical (unpaired) electrons. The molecule has 0 fully saturated rings. The molecule has 12 heavy (non-hydrogen) atoms. The van der Waals surface area contributed by atoms with E-state index >= 15 is 0 Å². The molecule has 0 rings (SSSR count). The summed E-state index contributed by atoms with van der Waals surface area (Å²) >= 11 is 5.82. The third kappa shape index (κ3) is 5.80. The molecule has 1 N–H and O–H groups in total. The van der Waals surface area contributed by atoms with Crippen LogP contribution in [0.4, 0.5) is 0 Å². The second-order valence-corrected chi connectivity index (χ2v) is 5.35. The fraction of sp³-hybridized carbons (Fsp3) is 1.00. The van der Waals surface area contributed by atoms with E-state index in [9.17, 15) is 8.42 Å². The molecule has 0 heterocycles. The van der Waals surface area contributed by atoms with Crippen molar-refractivity contribution in [1.82, 2.24) is 4.72 Å². The first kappa shape index (κ1) is 12.2. The summed E-state index contributed by atoms with van der Waals surface area (Å²) in [5.41, 5.74) is 0. The van der Waals surface area contributed by atoms with Gasteiger partial charge in [0.25, 0.3) is 0 Å². The Morgan fingerprint density at radius 3 is 2.42 bits per heavy atom. The highest BCUT2D eigenvalue weighted by atomic mass is 35.5. The van der Waals surface area contributed by atoms with Gasteiger partial charge in [0.15, 0.2) is 0 Å². The third-order valence-electron chi connectivity index (χ3n) is 1.51. The zero-order valence-corrected chi connectivity index (χ0v) is 9.08. The van der Waals surface area contributed by atoms with Crippen LogP contribution in [0.5, 0.6) is 0 Å². The van der Waals surface area contributed by atoms with E-state index in [1.54, 1.807) is 6.92 Å². The van der Waals surface area contributed by atoms with Gasteiger partial charge in [-0.1, -0.05) is 13.3 Å². The standard InChI is InChI=1S/C7H16ClNO2S/c1-3-5-7(8)6-9-12(10,11)4-2/h7,9H,3-6H2,1-2H3. The van der Waals surface area contributed by atoms with Gasteiger partial charge in [-0.25, -0.2) is 13.1 Å². The lowest BCUT2D eigenvalue weighted by molar-refractivity contribution is 0.578. The first-order valence-corrected chi connectivity index (χ1v) is 6.22. The molecule has 0 aliphatic rings. The van der Waals surface area contributed by atoms with E-state index in [4.69, 9.17) is 11.6 Å². The van der Waals surface area contributed by atoms with E-state index in [2.05, 4.69) is 4.72 Å². The number of hydrogen-bond donors (Lipinski definition) is 1. The molecule has 0 aliphatic heterocycles. The van der Waals surface area contributed by atoms with E-state index in [0.29, 0.717) is 6.54 Å². The van der Waals surface area contributed by atoms with Gasteiger partial charge in [-0.3, -0.25) is 0 Å². The van der Waals surface area contributed by atoms with Crippen molar-refractivity contribution in [3.05, 3.63) is 0 Å². The number of nitrogens with one attached hydrogen (secondary N) is 1. The first-order valence-electron chi connectivity index (χ1n) is 4.13. The Balaban J connectivity index is 3.68. The molecule has 0 amide bonds. The first-order chi connectivity index (χ1) is 5.52. The van der Waals surface area contributed by atoms with Crippen LogP contribution in [0.15, 0.2) is 0 Å². The van der Waals surface area contributed by atoms with Gasteiger partial charge in [0.05, 0.1) is 5.75 Å². The number of hydrogen-bond acceptors (Lipinski definition) is 2. The van der Waals surface area contributed by atoms with Gasteiger partial charge in [0, 0.05) is 11.9 Å². The summed E-state index contributed by atoms with van der Waals surface area (Å²) < 4.78 is 24.3. The van der Waals surface area contributed by atoms with Gasteiger partial charge in [0.2, 0.25) is 10.0 Å². The molecule has 3 nitrogen and oxygen atoms in total. The molecule has 0 bridgehead atoms. The summed E-state index contributed by atoms with van der Waals surface area (Å²) in [6.07, 6.45) is 1.82. The van der Waals surface area contributed by atoms with Gasteiger partial charge in [-0.05, 0) is 13.3 Å². The predicted octanol–water partition coefficient (Wildman–Crippen LogP) is 1.33. The summed E-state index contributed by atoms with van der Waals surface area (Å²) in [7, 11) is -3.07. The number of alkyl halides is 1. The Morgan fingerprint density at radius 1 is 1.42 bits per heavy atom. The van der Waals surface area contributed by atoms with Crippen LogP contribution in [0.2, 0.25) is 0 Å². The van der Waals surface area contributed by atoms with Crippen LogP contribution in [0.25, 0.3) is 0 Å². The molecule has 0 saturated heterocycles. The van der Waals surface area contributed by atoms with Crippen LogP contribution < -0.4 is 4.72 Å². The molecular weight excluding hydrogens is 198 g/mol. The summed E-state index contributed by atoms with van der Waals surface area (Å²) in [6, 6.07) is 0. The largest absolute Gasteiger partial charge is 0.214 e. The normalized spacial score (nSPS) is 14.6. The van der Waals surface area contributed by atoms with Gasteiger partial charge >= 0.3 is 0 Å². The molecule has 74 valence electrons. The summed E-state index contributed by atoms with van der Waals surface area (Å²) in [5, 5.41) is -0.0867. The topological polar surface area (TPSA) is 46.2 Å². The van der Waals surface area contributed by atoms with Crippen molar-refractivity contribution in [3.63, 3.8) is 0 Å². The smallest absolute Gasteiger partial charge is 0.211 e. The van der Waals surface area contributed by atoms with Crippen molar-refractivity contribution in [2.45, 2.75) is 32.1 Å². The van der Waals surface area contributed by atoms with Crippen molar-refractivity contribution in [3.8, 4) is 0 Å². The zero-order valence-electron chi connectivity index (χ0n) is 7.51. The molecule has 1 unspecified atom stereocenters. The molecule has 0 saturated carbocycles. The molecule has 0 aromatic carbocycles. The maximum absolute atomic E-state index is 10.9. The van der Waals surface area contributed by atoms with Crippen LogP contribution in [-0.2, 0) is 10.0 Å². The maximum atomic E-state index is 10.9. The second-order valence-electron chi connectivity index (χ2n) is 2.64. The Bertz CT molecular complexity index is 203. The highest BCUT2D eigenvalue weighted by Crippen LogP contribution is 2.03. The van der Waals surface area contributed by atoms with Crippen LogP contribution in [0.3, 0.4) is 0 Å². The minimum atomic E-state index is -3.07. The van der Waals surface area contributed by atoms with Crippen LogP contribution in [0.1, 0.15) is 26.7 Å². The molecule has 5 heteroatoms. The Labute approximate surface area is 79.5 Å². The number of rotatable bonds is 6. The Hall–Kier alpha value is 0.200. The third-order valence-corrected chi connectivity index (χ3v) is 3.25. The molecule has 0 spiro atoms. The fourth-order valence-corrected chi connectivity index (χ4v) is 1.78. The lowest BCUT2D eigenvalue weighted by Gasteiger charge is -2.08. The highest BCUT2D eigenvalue weighted by molar-refractivity contribution is 7.89. The average molecular weight is 214 g/mol. The summed E-state index contributed by atoms with van der Waals surface area (Å²) in [6.45, 7) is 3.96. The van der Waals surface area contributed by atoms with Crippen LogP contribution >= 0.6 is 11.6 Å². The maximum Gasteiger partial charge on any atom is 0.211 e. The van der Waals surface area contributed by atoms with Crippen molar-refractivity contribution >= 4 is 21.6 Å². The van der Waals surface area contributed by atoms with Crippen LogP contribution in [0, 0.1) is 0 Å². The summed E-state index contributed by atoms with van der Waals surface area (Å²) in [4.78, 5) is 0. The van der Waals surface area contributed by atoms with E-state index in [1.165, 1.54) is 0 Å². The van der Waals surface area contributed by atoms with Crippen molar-refractivity contribution in [2.24, 2.45) is 0 Å². The molecule has 1 atom stereocenters. The van der Waals surface area contributed by atoms with Gasteiger partial charge < -0.3 is 0 Å². The minimum absolute atomic E-state index is 0.0867. The van der Waals surface area contributed by atoms with Crippen LogP contribution in [-0.4, -0.2) is 26.1 Å². The Kier molecular flexibility index (Phi) is 5.88. The zero-order chi connectivity index (χ0) is 9.61. The lowest BCUT2D eigenvalue weighted by atomic mass is 10.2. The monoisotopic (exact) mass is 213 g/mol. The second kappa shape index (κ2) is 5.78. The van der Waals surface area contributed by atoms with Crippen molar-refractivity contribution in [1.29, 1.82) is 0 Å². The van der Waals surface area contributed by atoms with Crippen molar-refractivity contribution in [2.75, 3.05) is 12.3 Å². The van der Waals surface area contributed by atoms with Gasteiger partial charge in [0.1, 0.15) is 0 Å². The molecule has 0 aromatic heterocycles. The predicted molar refractivity (Wildman–Crippen MR) is 52.0 cm³/mol. The van der Waals surface area contributed by atoms with Crippen molar-refractivity contribution < 1.29 is 8.42 Å². The highest BCUT2D eigenvalue weighted by Gasteiger charge is 2.09. The number of halogens is 1. The van der Waals surface area contributed by atoms with E-state index in [-0.39, 0.29) is 11.1 Å². The average Bonchev–Trinajstić information content (AvgIpc) is 2.02. The minimum Gasteiger partial charge on any atom is -0.214 e. The van der Waals surface area contributed by atoms with Gasteiger partial charge in [-0.15, -0.1) is 11.6 Å². The van der Waals surface area contributed by atoms with E-state index in [1.807, 2.05) is 6.92 Å². The quantitative estimate of drug-likeness (QED) is 0.677. The number of sulfonamides is 1. The lowest BCUT2D eigenvalue weighted by Crippen LogP contribution is -2.30. The molecule has 0 aliphatic carbocycles. The summed E-state index contributed by atoms with van der Waals surface area (Å²) in [5.74, 6) is 0.114. The SMILES string of the molecule is CCCC(Cl)CNS(=O)(=O)CC. The van der Waals surface area contributed by atoms with Gasteiger partial charge in [-0.2, -0.15) is 0 Å².